The number of aliphatic carboxylic acids is 1. The predicted octanol–water partition coefficient (Wildman–Crippen LogP) is 4.23. The van der Waals surface area contributed by atoms with E-state index in [0.29, 0.717) is 13.0 Å². The van der Waals surface area contributed by atoms with Crippen molar-refractivity contribution >= 4 is 24.7 Å². The molecule has 0 radical (unpaired) electrons. The molecular formula is C23H30O3Si. The fourth-order valence-electron chi connectivity index (χ4n) is 3.70. The SMILES string of the molecule is C=CCC(CO[Si](c1ccccc1)(c1ccccc1)C(C)(C)C)CC(=O)O. The lowest BCUT2D eigenvalue weighted by Crippen LogP contribution is -2.66. The van der Waals surface area contributed by atoms with Gasteiger partial charge in [-0.3, -0.25) is 4.79 Å². The average Bonchev–Trinajstić information content (AvgIpc) is 2.62. The highest BCUT2D eigenvalue weighted by atomic mass is 28.4. The Labute approximate surface area is 163 Å². The molecule has 27 heavy (non-hydrogen) atoms. The van der Waals surface area contributed by atoms with Gasteiger partial charge >= 0.3 is 5.97 Å². The zero-order chi connectivity index (χ0) is 19.9. The molecule has 144 valence electrons. The Balaban J connectivity index is 2.52. The van der Waals surface area contributed by atoms with E-state index in [0.717, 1.165) is 0 Å². The minimum absolute atomic E-state index is 0.0818. The molecule has 0 amide bonds. The highest BCUT2D eigenvalue weighted by molar-refractivity contribution is 6.99. The largest absolute Gasteiger partial charge is 0.481 e. The van der Waals surface area contributed by atoms with E-state index in [1.165, 1.54) is 10.4 Å². The fraction of sp³-hybridized carbons (Fsp3) is 0.348. The van der Waals surface area contributed by atoms with Crippen LogP contribution in [0.25, 0.3) is 0 Å². The van der Waals surface area contributed by atoms with Crippen LogP contribution in [-0.2, 0) is 9.22 Å². The quantitative estimate of drug-likeness (QED) is 0.521. The minimum atomic E-state index is -2.62. The van der Waals surface area contributed by atoms with Crippen molar-refractivity contribution in [3.63, 3.8) is 0 Å². The summed E-state index contributed by atoms with van der Waals surface area (Å²) >= 11 is 0. The van der Waals surface area contributed by atoms with Crippen LogP contribution in [-0.4, -0.2) is 26.0 Å². The van der Waals surface area contributed by atoms with Crippen LogP contribution in [0.4, 0.5) is 0 Å². The fourth-order valence-corrected chi connectivity index (χ4v) is 8.34. The molecule has 0 bridgehead atoms. The Morgan fingerprint density at radius 1 is 1.07 bits per heavy atom. The first kappa shape index (κ1) is 21.1. The Kier molecular flexibility index (Phi) is 7.16. The average molecular weight is 383 g/mol. The van der Waals surface area contributed by atoms with Crippen molar-refractivity contribution in [2.75, 3.05) is 6.61 Å². The molecule has 2 aromatic carbocycles. The van der Waals surface area contributed by atoms with E-state index in [1.807, 2.05) is 36.4 Å². The van der Waals surface area contributed by atoms with Gasteiger partial charge in [0.05, 0.1) is 6.42 Å². The molecule has 0 aromatic heterocycles. The van der Waals surface area contributed by atoms with Gasteiger partial charge in [-0.25, -0.2) is 0 Å². The normalized spacial score (nSPS) is 13.1. The molecule has 0 aliphatic rings. The molecule has 3 nitrogen and oxygen atoms in total. The van der Waals surface area contributed by atoms with Gasteiger partial charge in [0, 0.05) is 6.61 Å². The Morgan fingerprint density at radius 3 is 1.93 bits per heavy atom. The summed E-state index contributed by atoms with van der Waals surface area (Å²) in [5, 5.41) is 11.6. The summed E-state index contributed by atoms with van der Waals surface area (Å²) in [6, 6.07) is 20.8. The molecule has 2 rings (SSSR count). The number of carboxylic acids is 1. The third-order valence-corrected chi connectivity index (χ3v) is 9.92. The predicted molar refractivity (Wildman–Crippen MR) is 114 cm³/mol. The number of carboxylic acid groups (broad SMARTS) is 1. The van der Waals surface area contributed by atoms with Gasteiger partial charge in [-0.05, 0) is 27.8 Å². The third kappa shape index (κ3) is 4.96. The van der Waals surface area contributed by atoms with E-state index in [-0.39, 0.29) is 17.4 Å². The summed E-state index contributed by atoms with van der Waals surface area (Å²) in [5.41, 5.74) is 0. The van der Waals surface area contributed by atoms with Gasteiger partial charge in [0.2, 0.25) is 0 Å². The summed E-state index contributed by atoms with van der Waals surface area (Å²) in [7, 11) is -2.62. The van der Waals surface area contributed by atoms with Crippen LogP contribution in [0.2, 0.25) is 5.04 Å². The minimum Gasteiger partial charge on any atom is -0.481 e. The monoisotopic (exact) mass is 382 g/mol. The number of hydrogen-bond acceptors (Lipinski definition) is 2. The summed E-state index contributed by atoms with van der Waals surface area (Å²) < 4.78 is 6.81. The van der Waals surface area contributed by atoms with Crippen LogP contribution >= 0.6 is 0 Å². The summed E-state index contributed by atoms with van der Waals surface area (Å²) in [5.74, 6) is -0.880. The zero-order valence-corrected chi connectivity index (χ0v) is 17.5. The van der Waals surface area contributed by atoms with Crippen LogP contribution in [0, 0.1) is 5.92 Å². The van der Waals surface area contributed by atoms with Crippen molar-refractivity contribution in [3.8, 4) is 0 Å². The van der Waals surface area contributed by atoms with Gasteiger partial charge in [0.15, 0.2) is 0 Å². The van der Waals surface area contributed by atoms with Crippen LogP contribution in [0.3, 0.4) is 0 Å². The third-order valence-electron chi connectivity index (χ3n) is 4.92. The summed E-state index contributed by atoms with van der Waals surface area (Å²) in [6.07, 6.45) is 2.50. The number of hydrogen-bond donors (Lipinski definition) is 1. The molecule has 2 aromatic rings. The standard InChI is InChI=1S/C23H30O3Si/c1-5-12-19(17-22(24)25)18-26-27(23(2,3)4,20-13-8-6-9-14-20)21-15-10-7-11-16-21/h5-11,13-16,19H,1,12,17-18H2,2-4H3,(H,24,25). The first-order valence-corrected chi connectivity index (χ1v) is 11.3. The van der Waals surface area contributed by atoms with Crippen molar-refractivity contribution in [2.45, 2.75) is 38.7 Å². The molecule has 0 aliphatic heterocycles. The second-order valence-corrected chi connectivity index (χ2v) is 12.3. The van der Waals surface area contributed by atoms with Gasteiger partial charge in [-0.2, -0.15) is 0 Å². The first-order valence-electron chi connectivity index (χ1n) is 9.39. The van der Waals surface area contributed by atoms with Crippen molar-refractivity contribution in [1.82, 2.24) is 0 Å². The van der Waals surface area contributed by atoms with Crippen LogP contribution < -0.4 is 10.4 Å². The van der Waals surface area contributed by atoms with Gasteiger partial charge in [0.25, 0.3) is 8.32 Å². The smallest absolute Gasteiger partial charge is 0.303 e. The Hall–Kier alpha value is -2.17. The lowest BCUT2D eigenvalue weighted by Gasteiger charge is -2.43. The number of rotatable bonds is 9. The van der Waals surface area contributed by atoms with E-state index in [1.54, 1.807) is 6.08 Å². The molecule has 0 spiro atoms. The van der Waals surface area contributed by atoms with E-state index < -0.39 is 14.3 Å². The maximum Gasteiger partial charge on any atom is 0.303 e. The number of benzene rings is 2. The van der Waals surface area contributed by atoms with Gasteiger partial charge in [-0.1, -0.05) is 87.5 Å². The van der Waals surface area contributed by atoms with Gasteiger partial charge < -0.3 is 9.53 Å². The van der Waals surface area contributed by atoms with Crippen molar-refractivity contribution < 1.29 is 14.3 Å². The van der Waals surface area contributed by atoms with E-state index in [2.05, 4.69) is 51.6 Å². The Bertz CT molecular complexity index is 696. The van der Waals surface area contributed by atoms with Crippen molar-refractivity contribution in [3.05, 3.63) is 73.3 Å². The highest BCUT2D eigenvalue weighted by Gasteiger charge is 2.50. The first-order chi connectivity index (χ1) is 12.8. The molecular weight excluding hydrogens is 352 g/mol. The lowest BCUT2D eigenvalue weighted by atomic mass is 10.0. The summed E-state index contributed by atoms with van der Waals surface area (Å²) in [4.78, 5) is 11.3. The van der Waals surface area contributed by atoms with E-state index in [4.69, 9.17) is 4.43 Å². The maximum atomic E-state index is 11.3. The molecule has 1 unspecified atom stereocenters. The molecule has 4 heteroatoms. The molecule has 1 N–H and O–H groups in total. The molecule has 0 saturated heterocycles. The second kappa shape index (κ2) is 9.15. The second-order valence-electron chi connectivity index (χ2n) is 7.96. The van der Waals surface area contributed by atoms with Gasteiger partial charge in [-0.15, -0.1) is 6.58 Å². The topological polar surface area (TPSA) is 46.5 Å². The van der Waals surface area contributed by atoms with Crippen LogP contribution in [0.1, 0.15) is 33.6 Å². The van der Waals surface area contributed by atoms with Crippen LogP contribution in [0.5, 0.6) is 0 Å². The molecule has 0 saturated carbocycles. The highest BCUT2D eigenvalue weighted by Crippen LogP contribution is 2.37. The molecule has 0 fully saturated rings. The molecule has 1 atom stereocenters. The maximum absolute atomic E-state index is 11.3. The Morgan fingerprint density at radius 2 is 1.56 bits per heavy atom. The van der Waals surface area contributed by atoms with E-state index >= 15 is 0 Å². The molecule has 0 aliphatic carbocycles. The number of carbonyl (C=O) groups is 1. The van der Waals surface area contributed by atoms with Crippen molar-refractivity contribution in [1.29, 1.82) is 0 Å². The van der Waals surface area contributed by atoms with Crippen LogP contribution in [0.15, 0.2) is 73.3 Å². The van der Waals surface area contributed by atoms with Crippen molar-refractivity contribution in [2.24, 2.45) is 5.92 Å². The lowest BCUT2D eigenvalue weighted by molar-refractivity contribution is -0.138. The van der Waals surface area contributed by atoms with Gasteiger partial charge in [0.1, 0.15) is 0 Å². The van der Waals surface area contributed by atoms with E-state index in [9.17, 15) is 9.90 Å². The summed E-state index contributed by atoms with van der Waals surface area (Å²) in [6.45, 7) is 10.9. The molecule has 0 heterocycles. The zero-order valence-electron chi connectivity index (χ0n) is 16.5. The number of allylic oxidation sites excluding steroid dienone is 1.